The Labute approximate surface area is 160 Å². The van der Waals surface area contributed by atoms with Crippen LogP contribution in [0.15, 0.2) is 59.8 Å². The van der Waals surface area contributed by atoms with Crippen molar-refractivity contribution in [3.63, 3.8) is 0 Å². The van der Waals surface area contributed by atoms with Gasteiger partial charge in [-0.15, -0.1) is 10.2 Å². The van der Waals surface area contributed by atoms with Crippen LogP contribution in [-0.2, 0) is 29.7 Å². The maximum absolute atomic E-state index is 12.9. The molecule has 0 saturated carbocycles. The summed E-state index contributed by atoms with van der Waals surface area (Å²) in [5.41, 5.74) is 1.74. The van der Waals surface area contributed by atoms with Crippen LogP contribution in [0.2, 0.25) is 0 Å². The lowest BCUT2D eigenvalue weighted by molar-refractivity contribution is -0.141. The van der Waals surface area contributed by atoms with Crippen molar-refractivity contribution in [2.24, 2.45) is 7.05 Å². The van der Waals surface area contributed by atoms with Crippen molar-refractivity contribution in [3.8, 4) is 0 Å². The Morgan fingerprint density at radius 3 is 2.63 bits per heavy atom. The number of esters is 1. The number of hydrogen-bond donors (Lipinski definition) is 1. The zero-order chi connectivity index (χ0) is 19.1. The molecular formula is C19H19FN4O2S. The summed E-state index contributed by atoms with van der Waals surface area (Å²) in [6.45, 7) is 0.694. The van der Waals surface area contributed by atoms with Crippen LogP contribution in [0.25, 0.3) is 0 Å². The number of halogens is 1. The number of carbonyl (C=O) groups excluding carboxylic acids is 1. The summed E-state index contributed by atoms with van der Waals surface area (Å²) in [6, 6.07) is 15.6. The molecule has 0 fully saturated rings. The molecule has 0 bridgehead atoms. The lowest BCUT2D eigenvalue weighted by Crippen LogP contribution is -2.09. The van der Waals surface area contributed by atoms with Gasteiger partial charge in [-0.2, -0.15) is 0 Å². The third-order valence-corrected chi connectivity index (χ3v) is 4.78. The fourth-order valence-electron chi connectivity index (χ4n) is 2.28. The third-order valence-electron chi connectivity index (χ3n) is 3.78. The molecule has 27 heavy (non-hydrogen) atoms. The second-order valence-electron chi connectivity index (χ2n) is 5.75. The molecule has 1 heterocycles. The molecule has 140 valence electrons. The fraction of sp³-hybridized carbons (Fsp3) is 0.211. The van der Waals surface area contributed by atoms with E-state index in [4.69, 9.17) is 4.74 Å². The predicted molar refractivity (Wildman–Crippen MR) is 102 cm³/mol. The Hall–Kier alpha value is -2.87. The van der Waals surface area contributed by atoms with Gasteiger partial charge in [0.2, 0.25) is 0 Å². The molecule has 0 aliphatic carbocycles. The normalized spacial score (nSPS) is 10.6. The topological polar surface area (TPSA) is 69.0 Å². The van der Waals surface area contributed by atoms with Gasteiger partial charge in [-0.05, 0) is 29.8 Å². The molecule has 8 heteroatoms. The van der Waals surface area contributed by atoms with E-state index >= 15 is 0 Å². The number of rotatable bonds is 8. The quantitative estimate of drug-likeness (QED) is 0.473. The minimum atomic E-state index is -0.308. The number of ether oxygens (including phenoxy) is 1. The fourth-order valence-corrected chi connectivity index (χ4v) is 3.00. The van der Waals surface area contributed by atoms with Crippen molar-refractivity contribution in [1.29, 1.82) is 0 Å². The van der Waals surface area contributed by atoms with Gasteiger partial charge in [0.1, 0.15) is 12.4 Å². The maximum Gasteiger partial charge on any atom is 0.316 e. The van der Waals surface area contributed by atoms with Crippen molar-refractivity contribution < 1.29 is 13.9 Å². The minimum Gasteiger partial charge on any atom is -0.460 e. The second kappa shape index (κ2) is 9.18. The molecule has 0 spiro atoms. The smallest absolute Gasteiger partial charge is 0.316 e. The summed E-state index contributed by atoms with van der Waals surface area (Å²) >= 11 is 1.27. The van der Waals surface area contributed by atoms with Gasteiger partial charge in [0.05, 0.1) is 12.3 Å². The third kappa shape index (κ3) is 5.55. The zero-order valence-corrected chi connectivity index (χ0v) is 15.6. The van der Waals surface area contributed by atoms with Crippen molar-refractivity contribution in [1.82, 2.24) is 14.8 Å². The molecule has 1 N–H and O–H groups in total. The van der Waals surface area contributed by atoms with Gasteiger partial charge >= 0.3 is 5.97 Å². The molecule has 3 aromatic rings. The zero-order valence-electron chi connectivity index (χ0n) is 14.8. The molecule has 0 radical (unpaired) electrons. The molecule has 1 aromatic heterocycles. The summed E-state index contributed by atoms with van der Waals surface area (Å²) in [4.78, 5) is 11.9. The lowest BCUT2D eigenvalue weighted by atomic mass is 10.2. The maximum atomic E-state index is 12.9. The lowest BCUT2D eigenvalue weighted by Gasteiger charge is -2.07. The molecule has 3 rings (SSSR count). The van der Waals surface area contributed by atoms with E-state index in [0.29, 0.717) is 17.5 Å². The number of benzene rings is 2. The highest BCUT2D eigenvalue weighted by Gasteiger charge is 2.12. The summed E-state index contributed by atoms with van der Waals surface area (Å²) in [6.07, 6.45) is 0. The predicted octanol–water partition coefficient (Wildman–Crippen LogP) is 3.40. The van der Waals surface area contributed by atoms with Gasteiger partial charge in [-0.25, -0.2) is 4.39 Å². The van der Waals surface area contributed by atoms with Crippen molar-refractivity contribution >= 4 is 23.4 Å². The number of hydrogen-bond acceptors (Lipinski definition) is 6. The number of nitrogens with one attached hydrogen (secondary N) is 1. The largest absolute Gasteiger partial charge is 0.460 e. The Morgan fingerprint density at radius 2 is 1.89 bits per heavy atom. The van der Waals surface area contributed by atoms with E-state index < -0.39 is 0 Å². The van der Waals surface area contributed by atoms with Gasteiger partial charge in [0.15, 0.2) is 11.0 Å². The molecule has 0 aliphatic rings. The Kier molecular flexibility index (Phi) is 6.43. The Bertz CT molecular complexity index is 884. The van der Waals surface area contributed by atoms with E-state index in [0.717, 1.165) is 11.3 Å². The number of aromatic nitrogens is 3. The van der Waals surface area contributed by atoms with Crippen LogP contribution < -0.4 is 5.32 Å². The van der Waals surface area contributed by atoms with E-state index in [-0.39, 0.29) is 24.1 Å². The van der Waals surface area contributed by atoms with Gasteiger partial charge in [0, 0.05) is 12.7 Å². The van der Waals surface area contributed by atoms with Crippen LogP contribution >= 0.6 is 11.8 Å². The monoisotopic (exact) mass is 386 g/mol. The standard InChI is InChI=1S/C19H19FN4O2S/c1-24-17(11-21-16-9-7-15(20)8-10-16)22-23-19(24)27-13-18(25)26-12-14-5-3-2-4-6-14/h2-10,21H,11-13H2,1H3. The Balaban J connectivity index is 1.46. The first-order chi connectivity index (χ1) is 13.1. The number of anilines is 1. The molecule has 0 atom stereocenters. The average molecular weight is 386 g/mol. The van der Waals surface area contributed by atoms with Gasteiger partial charge in [-0.3, -0.25) is 4.79 Å². The minimum absolute atomic E-state index is 0.157. The first kappa shape index (κ1) is 18.9. The van der Waals surface area contributed by atoms with E-state index in [1.807, 2.05) is 41.9 Å². The molecule has 0 amide bonds. The van der Waals surface area contributed by atoms with E-state index in [1.54, 1.807) is 12.1 Å². The van der Waals surface area contributed by atoms with Crippen LogP contribution in [0.3, 0.4) is 0 Å². The van der Waals surface area contributed by atoms with E-state index in [9.17, 15) is 9.18 Å². The highest BCUT2D eigenvalue weighted by Crippen LogP contribution is 2.17. The summed E-state index contributed by atoms with van der Waals surface area (Å²) in [5.74, 6) is 0.277. The van der Waals surface area contributed by atoms with Gasteiger partial charge in [0.25, 0.3) is 0 Å². The molecule has 2 aromatic carbocycles. The van der Waals surface area contributed by atoms with Crippen LogP contribution in [0.5, 0.6) is 0 Å². The van der Waals surface area contributed by atoms with Gasteiger partial charge in [-0.1, -0.05) is 42.1 Å². The molecule has 0 aliphatic heterocycles. The van der Waals surface area contributed by atoms with Crippen LogP contribution in [0.1, 0.15) is 11.4 Å². The van der Waals surface area contributed by atoms with Crippen molar-refractivity contribution in [2.75, 3.05) is 11.1 Å². The molecular weight excluding hydrogens is 367 g/mol. The average Bonchev–Trinajstić information content (AvgIpc) is 3.05. The van der Waals surface area contributed by atoms with Crippen molar-refractivity contribution in [2.45, 2.75) is 18.3 Å². The Morgan fingerprint density at radius 1 is 1.15 bits per heavy atom. The number of thioether (sulfide) groups is 1. The molecule has 0 unspecified atom stereocenters. The molecule has 0 saturated heterocycles. The number of carbonyl (C=O) groups is 1. The van der Waals surface area contributed by atoms with Crippen molar-refractivity contribution in [3.05, 3.63) is 71.8 Å². The first-order valence-electron chi connectivity index (χ1n) is 8.32. The molecule has 6 nitrogen and oxygen atoms in total. The van der Waals surface area contributed by atoms with E-state index in [1.165, 1.54) is 23.9 Å². The van der Waals surface area contributed by atoms with Crippen LogP contribution in [-0.4, -0.2) is 26.5 Å². The highest BCUT2D eigenvalue weighted by atomic mass is 32.2. The van der Waals surface area contributed by atoms with Gasteiger partial charge < -0.3 is 14.6 Å². The summed E-state index contributed by atoms with van der Waals surface area (Å²) < 4.78 is 20.0. The first-order valence-corrected chi connectivity index (χ1v) is 9.30. The second-order valence-corrected chi connectivity index (χ2v) is 6.70. The SMILES string of the molecule is Cn1c(CNc2ccc(F)cc2)nnc1SCC(=O)OCc1ccccc1. The summed E-state index contributed by atoms with van der Waals surface area (Å²) in [5, 5.41) is 12.0. The summed E-state index contributed by atoms with van der Waals surface area (Å²) in [7, 11) is 1.83. The number of nitrogens with zero attached hydrogens (tertiary/aromatic N) is 3. The van der Waals surface area contributed by atoms with Crippen LogP contribution in [0.4, 0.5) is 10.1 Å². The van der Waals surface area contributed by atoms with E-state index in [2.05, 4.69) is 15.5 Å². The van der Waals surface area contributed by atoms with Crippen LogP contribution in [0, 0.1) is 5.82 Å². The highest BCUT2D eigenvalue weighted by molar-refractivity contribution is 7.99.